The number of aromatic nitrogens is 3. The van der Waals surface area contributed by atoms with Crippen molar-refractivity contribution in [2.24, 2.45) is 0 Å². The van der Waals surface area contributed by atoms with Crippen LogP contribution in [0.3, 0.4) is 0 Å². The minimum absolute atomic E-state index is 0.342. The van der Waals surface area contributed by atoms with Crippen LogP contribution in [0.5, 0.6) is 0 Å². The van der Waals surface area contributed by atoms with Crippen molar-refractivity contribution >= 4 is 40.5 Å². The van der Waals surface area contributed by atoms with E-state index in [1.54, 1.807) is 30.5 Å². The average Bonchev–Trinajstić information content (AvgIpc) is 3.35. The van der Waals surface area contributed by atoms with Crippen LogP contribution < -0.4 is 15.5 Å². The molecule has 0 aliphatic carbocycles. The van der Waals surface area contributed by atoms with Gasteiger partial charge in [0, 0.05) is 54.1 Å². The number of carbonyl (C=O) groups excluding carboxylic acids is 1. The number of benzene rings is 3. The minimum atomic E-state index is -0.342. The fraction of sp³-hybridized carbons (Fsp3) is 0.107. The lowest BCUT2D eigenvalue weighted by Gasteiger charge is -2.20. The summed E-state index contributed by atoms with van der Waals surface area (Å²) in [4.78, 5) is 24.1. The molecule has 5 rings (SSSR count). The summed E-state index contributed by atoms with van der Waals surface area (Å²) in [6.07, 6.45) is 5.62. The second-order valence-corrected chi connectivity index (χ2v) is 9.05. The van der Waals surface area contributed by atoms with Gasteiger partial charge in [0.25, 0.3) is 0 Å². The number of fused-ring (bicyclic) bond motifs is 1. The number of nitrogens with one attached hydrogen (secondary N) is 2. The molecule has 0 fully saturated rings. The molecule has 0 spiro atoms. The predicted molar refractivity (Wildman–Crippen MR) is 146 cm³/mol. The minimum Gasteiger partial charge on any atom is -0.352 e. The Labute approximate surface area is 214 Å². The predicted octanol–water partition coefficient (Wildman–Crippen LogP) is 6.64. The summed E-state index contributed by atoms with van der Waals surface area (Å²) in [5.41, 5.74) is 6.16. The molecule has 180 valence electrons. The van der Waals surface area contributed by atoms with Crippen LogP contribution in [-0.4, -0.2) is 27.4 Å². The second kappa shape index (κ2) is 10.1. The Kier molecular flexibility index (Phi) is 6.56. The molecule has 2 heterocycles. The van der Waals surface area contributed by atoms with Gasteiger partial charge >= 0.3 is 6.03 Å². The van der Waals surface area contributed by atoms with Crippen LogP contribution in [0.4, 0.5) is 22.0 Å². The Hall–Kier alpha value is -4.36. The number of amides is 2. The third kappa shape index (κ3) is 5.31. The number of imidazole rings is 1. The molecule has 36 heavy (non-hydrogen) atoms. The van der Waals surface area contributed by atoms with Gasteiger partial charge in [0.2, 0.25) is 0 Å². The standard InChI is InChI=1S/C28H25ClN6O/c1-19-6-8-20(9-7-19)17-34(2)27-26-30-14-15-35(26)18-25(33-27)21-4-3-5-24(16-21)32-28(36)31-23-12-10-22(29)11-13-23/h3-16,18H,17H2,1-2H3,(H2,31,32,36). The molecule has 0 radical (unpaired) electrons. The van der Waals surface area contributed by atoms with E-state index in [2.05, 4.69) is 51.7 Å². The molecular weight excluding hydrogens is 472 g/mol. The number of urea groups is 1. The SMILES string of the molecule is Cc1ccc(CN(C)c2nc(-c3cccc(NC(=O)Nc4ccc(Cl)cc4)c3)cn3ccnc23)cc1. The number of anilines is 3. The van der Waals surface area contributed by atoms with Crippen LogP contribution in [0.2, 0.25) is 5.02 Å². The lowest BCUT2D eigenvalue weighted by atomic mass is 10.1. The molecule has 0 bridgehead atoms. The van der Waals surface area contributed by atoms with Crippen LogP contribution in [0.1, 0.15) is 11.1 Å². The summed E-state index contributed by atoms with van der Waals surface area (Å²) in [6.45, 7) is 2.78. The highest BCUT2D eigenvalue weighted by molar-refractivity contribution is 6.30. The number of hydrogen-bond acceptors (Lipinski definition) is 4. The van der Waals surface area contributed by atoms with Gasteiger partial charge in [0.15, 0.2) is 11.5 Å². The van der Waals surface area contributed by atoms with E-state index in [1.807, 2.05) is 48.1 Å². The van der Waals surface area contributed by atoms with Crippen LogP contribution in [-0.2, 0) is 6.54 Å². The van der Waals surface area contributed by atoms with Gasteiger partial charge in [0.05, 0.1) is 5.69 Å². The lowest BCUT2D eigenvalue weighted by Crippen LogP contribution is -2.19. The normalized spacial score (nSPS) is 10.9. The van der Waals surface area contributed by atoms with Gasteiger partial charge in [0.1, 0.15) is 0 Å². The molecule has 3 aromatic carbocycles. The first-order chi connectivity index (χ1) is 17.4. The highest BCUT2D eigenvalue weighted by atomic mass is 35.5. The summed E-state index contributed by atoms with van der Waals surface area (Å²) < 4.78 is 1.97. The third-order valence-corrected chi connectivity index (χ3v) is 6.03. The molecule has 0 saturated heterocycles. The number of carbonyl (C=O) groups is 1. The maximum Gasteiger partial charge on any atom is 0.323 e. The molecule has 2 aromatic heterocycles. The van der Waals surface area contributed by atoms with Crippen molar-refractivity contribution in [2.75, 3.05) is 22.6 Å². The fourth-order valence-corrected chi connectivity index (χ4v) is 4.06. The molecule has 0 aliphatic heterocycles. The van der Waals surface area contributed by atoms with Gasteiger partial charge in [-0.2, -0.15) is 0 Å². The number of rotatable bonds is 6. The Bertz CT molecular complexity index is 1510. The molecule has 2 N–H and O–H groups in total. The Morgan fingerprint density at radius 3 is 2.53 bits per heavy atom. The van der Waals surface area contributed by atoms with E-state index in [0.29, 0.717) is 22.9 Å². The molecule has 0 aliphatic rings. The zero-order chi connectivity index (χ0) is 25.1. The van der Waals surface area contributed by atoms with E-state index in [1.165, 1.54) is 11.1 Å². The molecule has 0 atom stereocenters. The van der Waals surface area contributed by atoms with Gasteiger partial charge in [-0.3, -0.25) is 0 Å². The summed E-state index contributed by atoms with van der Waals surface area (Å²) in [5, 5.41) is 6.30. The smallest absolute Gasteiger partial charge is 0.323 e. The topological polar surface area (TPSA) is 74.6 Å². The molecule has 0 unspecified atom stereocenters. The van der Waals surface area contributed by atoms with Gasteiger partial charge < -0.3 is 19.9 Å². The van der Waals surface area contributed by atoms with Crippen LogP contribution >= 0.6 is 11.6 Å². The zero-order valence-corrected chi connectivity index (χ0v) is 20.7. The van der Waals surface area contributed by atoms with Gasteiger partial charge in [-0.05, 0) is 48.9 Å². The highest BCUT2D eigenvalue weighted by Gasteiger charge is 2.14. The van der Waals surface area contributed by atoms with Crippen molar-refractivity contribution < 1.29 is 4.79 Å². The van der Waals surface area contributed by atoms with E-state index in [0.717, 1.165) is 22.7 Å². The summed E-state index contributed by atoms with van der Waals surface area (Å²) >= 11 is 5.92. The summed E-state index contributed by atoms with van der Waals surface area (Å²) in [7, 11) is 2.01. The number of nitrogens with zero attached hydrogens (tertiary/aromatic N) is 4. The van der Waals surface area contributed by atoms with Gasteiger partial charge in [-0.1, -0.05) is 53.6 Å². The highest BCUT2D eigenvalue weighted by Crippen LogP contribution is 2.27. The van der Waals surface area contributed by atoms with E-state index < -0.39 is 0 Å². The van der Waals surface area contributed by atoms with Crippen molar-refractivity contribution in [3.05, 3.63) is 108 Å². The van der Waals surface area contributed by atoms with E-state index in [4.69, 9.17) is 16.6 Å². The second-order valence-electron chi connectivity index (χ2n) is 8.62. The lowest BCUT2D eigenvalue weighted by molar-refractivity contribution is 0.262. The quantitative estimate of drug-likeness (QED) is 0.276. The maximum atomic E-state index is 12.5. The first-order valence-corrected chi connectivity index (χ1v) is 11.9. The molecule has 0 saturated carbocycles. The van der Waals surface area contributed by atoms with Crippen molar-refractivity contribution in [3.63, 3.8) is 0 Å². The number of halogens is 1. The average molecular weight is 497 g/mol. The third-order valence-electron chi connectivity index (χ3n) is 5.78. The maximum absolute atomic E-state index is 12.5. The molecular formula is C28H25ClN6O. The van der Waals surface area contributed by atoms with E-state index in [-0.39, 0.29) is 6.03 Å². The Balaban J connectivity index is 1.39. The van der Waals surface area contributed by atoms with E-state index >= 15 is 0 Å². The van der Waals surface area contributed by atoms with Crippen LogP contribution in [0.15, 0.2) is 91.4 Å². The van der Waals surface area contributed by atoms with Crippen molar-refractivity contribution in [1.82, 2.24) is 14.4 Å². The van der Waals surface area contributed by atoms with Crippen LogP contribution in [0.25, 0.3) is 16.9 Å². The van der Waals surface area contributed by atoms with E-state index in [9.17, 15) is 4.79 Å². The molecule has 7 nitrogen and oxygen atoms in total. The first kappa shape index (κ1) is 23.4. The Morgan fingerprint density at radius 1 is 1.00 bits per heavy atom. The largest absolute Gasteiger partial charge is 0.352 e. The first-order valence-electron chi connectivity index (χ1n) is 11.5. The monoisotopic (exact) mass is 496 g/mol. The Morgan fingerprint density at radius 2 is 1.75 bits per heavy atom. The molecule has 5 aromatic rings. The van der Waals surface area contributed by atoms with Crippen molar-refractivity contribution in [1.29, 1.82) is 0 Å². The number of aryl methyl sites for hydroxylation is 1. The van der Waals surface area contributed by atoms with Gasteiger partial charge in [-0.25, -0.2) is 14.8 Å². The molecule has 8 heteroatoms. The number of hydrogen-bond donors (Lipinski definition) is 2. The van der Waals surface area contributed by atoms with Crippen molar-refractivity contribution in [3.8, 4) is 11.3 Å². The zero-order valence-electron chi connectivity index (χ0n) is 19.9. The summed E-state index contributed by atoms with van der Waals surface area (Å²) in [5.74, 6) is 0.775. The van der Waals surface area contributed by atoms with Crippen LogP contribution in [0, 0.1) is 6.92 Å². The summed E-state index contributed by atoms with van der Waals surface area (Å²) in [6, 6.07) is 22.7. The molecule has 2 amide bonds. The fourth-order valence-electron chi connectivity index (χ4n) is 3.94. The van der Waals surface area contributed by atoms with Crippen molar-refractivity contribution in [2.45, 2.75) is 13.5 Å². The van der Waals surface area contributed by atoms with Gasteiger partial charge in [-0.15, -0.1) is 0 Å².